The van der Waals surface area contributed by atoms with E-state index >= 15 is 0 Å². The summed E-state index contributed by atoms with van der Waals surface area (Å²) in [5, 5.41) is 9.18. The Labute approximate surface area is 115 Å². The van der Waals surface area contributed by atoms with Gasteiger partial charge in [-0.25, -0.2) is 4.98 Å². The Morgan fingerprint density at radius 3 is 2.83 bits per heavy atom. The molecule has 1 N–H and O–H groups in total. The summed E-state index contributed by atoms with van der Waals surface area (Å²) in [6.45, 7) is 1.03. The van der Waals surface area contributed by atoms with Crippen LogP contribution in [0.2, 0.25) is 0 Å². The van der Waals surface area contributed by atoms with Crippen molar-refractivity contribution in [2.24, 2.45) is 0 Å². The van der Waals surface area contributed by atoms with Gasteiger partial charge in [0.25, 0.3) is 0 Å². The van der Waals surface area contributed by atoms with Crippen molar-refractivity contribution in [2.75, 3.05) is 0 Å². The maximum absolute atomic E-state index is 4.90. The number of aromatic nitrogens is 1. The van der Waals surface area contributed by atoms with Crippen molar-refractivity contribution in [1.82, 2.24) is 10.3 Å². The van der Waals surface area contributed by atoms with Gasteiger partial charge in [-0.1, -0.05) is 0 Å². The van der Waals surface area contributed by atoms with Crippen LogP contribution < -0.4 is 5.32 Å². The molecule has 2 saturated carbocycles. The van der Waals surface area contributed by atoms with Gasteiger partial charge in [0.2, 0.25) is 0 Å². The molecule has 2 aliphatic rings. The molecule has 0 radical (unpaired) electrons. The average Bonchev–Trinajstić information content (AvgIpc) is 3.30. The van der Waals surface area contributed by atoms with Crippen molar-refractivity contribution in [2.45, 2.75) is 44.2 Å². The first kappa shape index (κ1) is 11.1. The van der Waals surface area contributed by atoms with Gasteiger partial charge in [-0.15, -0.1) is 11.3 Å². The van der Waals surface area contributed by atoms with Crippen molar-refractivity contribution in [1.29, 1.82) is 0 Å². The van der Waals surface area contributed by atoms with Gasteiger partial charge >= 0.3 is 0 Å². The van der Waals surface area contributed by atoms with E-state index in [0.717, 1.165) is 18.5 Å². The Balaban J connectivity index is 1.61. The molecule has 2 aliphatic carbocycles. The maximum Gasteiger partial charge on any atom is 0.124 e. The van der Waals surface area contributed by atoms with E-state index in [1.807, 2.05) is 11.3 Å². The average molecular weight is 276 g/mol. The summed E-state index contributed by atoms with van der Waals surface area (Å²) in [6, 6.07) is 2.96. The van der Waals surface area contributed by atoms with Crippen LogP contribution in [0.4, 0.5) is 0 Å². The Morgan fingerprint density at radius 1 is 1.28 bits per heavy atom. The second kappa shape index (κ2) is 4.44. The van der Waals surface area contributed by atoms with Gasteiger partial charge in [0, 0.05) is 34.3 Å². The standard InChI is InChI=1S/C14H16N2S2/c1-2-9(1)13-12(7-15-11-3-4-11)18-14(16-13)10-5-6-17-8-10/h5-6,8-9,11,15H,1-4,7H2. The molecular formula is C14H16N2S2. The van der Waals surface area contributed by atoms with Gasteiger partial charge in [-0.3, -0.25) is 0 Å². The molecule has 4 heteroatoms. The molecule has 0 atom stereocenters. The predicted molar refractivity (Wildman–Crippen MR) is 77.3 cm³/mol. The molecule has 2 aromatic heterocycles. The van der Waals surface area contributed by atoms with E-state index in [2.05, 4.69) is 22.1 Å². The monoisotopic (exact) mass is 276 g/mol. The van der Waals surface area contributed by atoms with Gasteiger partial charge in [0.15, 0.2) is 0 Å². The van der Waals surface area contributed by atoms with Gasteiger partial charge in [-0.05, 0) is 37.1 Å². The topological polar surface area (TPSA) is 24.9 Å². The SMILES string of the molecule is c1cc(-c2nc(C3CC3)c(CNC3CC3)s2)cs1. The van der Waals surface area contributed by atoms with Crippen molar-refractivity contribution in [3.05, 3.63) is 27.4 Å². The van der Waals surface area contributed by atoms with Crippen LogP contribution in [0.3, 0.4) is 0 Å². The molecule has 2 fully saturated rings. The van der Waals surface area contributed by atoms with Crippen molar-refractivity contribution < 1.29 is 0 Å². The number of nitrogens with zero attached hydrogens (tertiary/aromatic N) is 1. The Morgan fingerprint density at radius 2 is 2.17 bits per heavy atom. The minimum atomic E-state index is 0.754. The highest BCUT2D eigenvalue weighted by atomic mass is 32.1. The van der Waals surface area contributed by atoms with E-state index < -0.39 is 0 Å². The number of thiazole rings is 1. The van der Waals surface area contributed by atoms with Crippen LogP contribution in [0.5, 0.6) is 0 Å². The van der Waals surface area contributed by atoms with Gasteiger partial charge in [0.05, 0.1) is 5.69 Å². The smallest absolute Gasteiger partial charge is 0.124 e. The molecule has 0 aliphatic heterocycles. The normalized spacial score (nSPS) is 19.3. The molecule has 0 spiro atoms. The summed E-state index contributed by atoms with van der Waals surface area (Å²) < 4.78 is 0. The molecule has 0 saturated heterocycles. The fourth-order valence-electron chi connectivity index (χ4n) is 2.20. The molecule has 2 aromatic rings. The third kappa shape index (κ3) is 2.25. The zero-order valence-corrected chi connectivity index (χ0v) is 11.8. The first-order chi connectivity index (χ1) is 8.90. The summed E-state index contributed by atoms with van der Waals surface area (Å²) in [6.07, 6.45) is 5.39. The Bertz CT molecular complexity index is 536. The highest BCUT2D eigenvalue weighted by Crippen LogP contribution is 2.44. The number of hydrogen-bond acceptors (Lipinski definition) is 4. The molecule has 4 rings (SSSR count). The Hall–Kier alpha value is -0.710. The van der Waals surface area contributed by atoms with Crippen LogP contribution in [-0.4, -0.2) is 11.0 Å². The lowest BCUT2D eigenvalue weighted by molar-refractivity contribution is 0.688. The van der Waals surface area contributed by atoms with Crippen molar-refractivity contribution in [3.8, 4) is 10.6 Å². The largest absolute Gasteiger partial charge is 0.309 e. The second-order valence-electron chi connectivity index (χ2n) is 5.27. The highest BCUT2D eigenvalue weighted by Gasteiger charge is 2.30. The van der Waals surface area contributed by atoms with Gasteiger partial charge in [0.1, 0.15) is 5.01 Å². The fraction of sp³-hybridized carbons (Fsp3) is 0.500. The fourth-order valence-corrected chi connectivity index (χ4v) is 4.01. The summed E-state index contributed by atoms with van der Waals surface area (Å²) in [4.78, 5) is 6.38. The lowest BCUT2D eigenvalue weighted by atomic mass is 10.2. The molecule has 18 heavy (non-hydrogen) atoms. The zero-order chi connectivity index (χ0) is 11.9. The van der Waals surface area contributed by atoms with Crippen LogP contribution in [0, 0.1) is 0 Å². The molecule has 0 amide bonds. The number of hydrogen-bond donors (Lipinski definition) is 1. The quantitative estimate of drug-likeness (QED) is 0.893. The third-order valence-electron chi connectivity index (χ3n) is 3.59. The number of nitrogens with one attached hydrogen (secondary N) is 1. The molecular weight excluding hydrogens is 260 g/mol. The lowest BCUT2D eigenvalue weighted by Crippen LogP contribution is -2.15. The summed E-state index contributed by atoms with van der Waals surface area (Å²) >= 11 is 3.64. The van der Waals surface area contributed by atoms with Crippen LogP contribution in [0.25, 0.3) is 10.6 Å². The van der Waals surface area contributed by atoms with Gasteiger partial charge in [-0.2, -0.15) is 11.3 Å². The minimum absolute atomic E-state index is 0.754. The van der Waals surface area contributed by atoms with Crippen molar-refractivity contribution in [3.63, 3.8) is 0 Å². The van der Waals surface area contributed by atoms with E-state index in [9.17, 15) is 0 Å². The lowest BCUT2D eigenvalue weighted by Gasteiger charge is -2.01. The molecule has 0 bridgehead atoms. The molecule has 94 valence electrons. The minimum Gasteiger partial charge on any atom is -0.309 e. The second-order valence-corrected chi connectivity index (χ2v) is 7.13. The maximum atomic E-state index is 4.90. The van der Waals surface area contributed by atoms with Crippen LogP contribution in [0.1, 0.15) is 42.2 Å². The van der Waals surface area contributed by atoms with E-state index in [1.54, 1.807) is 11.3 Å². The summed E-state index contributed by atoms with van der Waals surface area (Å²) in [7, 11) is 0. The first-order valence-corrected chi connectivity index (χ1v) is 8.41. The zero-order valence-electron chi connectivity index (χ0n) is 10.2. The van der Waals surface area contributed by atoms with Crippen molar-refractivity contribution >= 4 is 22.7 Å². The molecule has 2 nitrogen and oxygen atoms in total. The summed E-state index contributed by atoms with van der Waals surface area (Å²) in [5.41, 5.74) is 2.68. The van der Waals surface area contributed by atoms with E-state index in [0.29, 0.717) is 0 Å². The highest BCUT2D eigenvalue weighted by molar-refractivity contribution is 7.15. The van der Waals surface area contributed by atoms with Crippen LogP contribution in [0.15, 0.2) is 16.8 Å². The van der Waals surface area contributed by atoms with Crippen LogP contribution in [-0.2, 0) is 6.54 Å². The van der Waals surface area contributed by atoms with Crippen LogP contribution >= 0.6 is 22.7 Å². The number of rotatable bonds is 5. The number of thiophene rings is 1. The molecule has 0 aromatic carbocycles. The molecule has 2 heterocycles. The van der Waals surface area contributed by atoms with E-state index in [1.165, 1.54) is 46.8 Å². The third-order valence-corrected chi connectivity index (χ3v) is 5.39. The Kier molecular flexibility index (Phi) is 2.75. The first-order valence-electron chi connectivity index (χ1n) is 6.66. The van der Waals surface area contributed by atoms with E-state index in [4.69, 9.17) is 4.98 Å². The molecule has 0 unspecified atom stereocenters. The van der Waals surface area contributed by atoms with Gasteiger partial charge < -0.3 is 5.32 Å². The van der Waals surface area contributed by atoms with E-state index in [-0.39, 0.29) is 0 Å². The predicted octanol–water partition coefficient (Wildman–Crippen LogP) is 4.00. The summed E-state index contributed by atoms with van der Waals surface area (Å²) in [5.74, 6) is 0.754.